The topological polar surface area (TPSA) is 38.7 Å². The zero-order valence-electron chi connectivity index (χ0n) is 21.9. The molecule has 0 radical (unpaired) electrons. The quantitative estimate of drug-likeness (QED) is 0.222. The van der Waals surface area contributed by atoms with Gasteiger partial charge < -0.3 is 0 Å². The van der Waals surface area contributed by atoms with E-state index in [1.54, 1.807) is 0 Å². The third-order valence-electron chi connectivity index (χ3n) is 7.78. The predicted octanol–water partition coefficient (Wildman–Crippen LogP) is 9.99. The number of nitrogens with zero attached hydrogens (tertiary/aromatic N) is 3. The van der Waals surface area contributed by atoms with E-state index in [9.17, 15) is 0 Å². The summed E-state index contributed by atoms with van der Waals surface area (Å²) in [6, 6.07) is 45.8. The Kier molecular flexibility index (Phi) is 5.51. The second-order valence-electron chi connectivity index (χ2n) is 10.2. The minimum atomic E-state index is 0.608. The lowest BCUT2D eigenvalue weighted by Gasteiger charge is -2.14. The Bertz CT molecular complexity index is 2070. The van der Waals surface area contributed by atoms with Gasteiger partial charge >= 0.3 is 0 Å². The molecule has 8 rings (SSSR count). The van der Waals surface area contributed by atoms with Crippen LogP contribution in [-0.4, -0.2) is 15.0 Å². The van der Waals surface area contributed by atoms with Gasteiger partial charge in [-0.05, 0) is 68.4 Å². The maximum atomic E-state index is 6.19. The van der Waals surface area contributed by atoms with Crippen LogP contribution in [0, 0.1) is 0 Å². The van der Waals surface area contributed by atoms with Crippen molar-refractivity contribution in [1.29, 1.82) is 0 Å². The largest absolute Gasteiger partial charge is 0.208 e. The second kappa shape index (κ2) is 9.51. The van der Waals surface area contributed by atoms with Crippen molar-refractivity contribution in [2.24, 2.45) is 0 Å². The van der Waals surface area contributed by atoms with E-state index in [0.29, 0.717) is 22.5 Å². The highest BCUT2D eigenvalue weighted by Crippen LogP contribution is 2.49. The van der Waals surface area contributed by atoms with Crippen LogP contribution in [0.1, 0.15) is 0 Å². The molecule has 1 aromatic heterocycles. The average molecular weight is 544 g/mol. The lowest BCUT2D eigenvalue weighted by Crippen LogP contribution is -2.01. The molecule has 192 valence electrons. The summed E-state index contributed by atoms with van der Waals surface area (Å²) in [7, 11) is 0. The van der Waals surface area contributed by atoms with E-state index < -0.39 is 0 Å². The van der Waals surface area contributed by atoms with E-state index >= 15 is 0 Å². The van der Waals surface area contributed by atoms with Crippen LogP contribution in [0.2, 0.25) is 5.02 Å². The molecule has 1 aliphatic carbocycles. The number of fused-ring (bicyclic) bond motifs is 3. The first-order chi connectivity index (χ1) is 20.2. The van der Waals surface area contributed by atoms with Gasteiger partial charge in [-0.2, -0.15) is 0 Å². The maximum absolute atomic E-state index is 6.19. The smallest absolute Gasteiger partial charge is 0.164 e. The Morgan fingerprint density at radius 2 is 0.829 bits per heavy atom. The van der Waals surface area contributed by atoms with Gasteiger partial charge in [-0.1, -0.05) is 121 Å². The van der Waals surface area contributed by atoms with E-state index in [2.05, 4.69) is 72.8 Å². The molecule has 7 aromatic rings. The van der Waals surface area contributed by atoms with Crippen molar-refractivity contribution in [3.8, 4) is 67.5 Å². The third-order valence-corrected chi connectivity index (χ3v) is 8.03. The molecule has 0 unspecified atom stereocenters. The predicted molar refractivity (Wildman–Crippen MR) is 169 cm³/mol. The molecule has 0 aliphatic heterocycles. The van der Waals surface area contributed by atoms with Gasteiger partial charge in [0, 0.05) is 21.7 Å². The van der Waals surface area contributed by atoms with Gasteiger partial charge in [0.2, 0.25) is 0 Å². The molecular formula is C37H22ClN3. The summed E-state index contributed by atoms with van der Waals surface area (Å²) in [4.78, 5) is 14.9. The minimum absolute atomic E-state index is 0.608. The van der Waals surface area contributed by atoms with Crippen LogP contribution in [0.5, 0.6) is 0 Å². The summed E-state index contributed by atoms with van der Waals surface area (Å²) in [6.07, 6.45) is 0. The van der Waals surface area contributed by atoms with E-state index in [1.165, 1.54) is 33.0 Å². The number of rotatable bonds is 4. The molecule has 0 bridgehead atoms. The van der Waals surface area contributed by atoms with Crippen molar-refractivity contribution in [3.05, 3.63) is 138 Å². The molecule has 0 spiro atoms. The molecule has 1 heterocycles. The van der Waals surface area contributed by atoms with E-state index in [1.807, 2.05) is 60.7 Å². The first kappa shape index (κ1) is 23.7. The van der Waals surface area contributed by atoms with Crippen molar-refractivity contribution in [1.82, 2.24) is 15.0 Å². The van der Waals surface area contributed by atoms with Crippen LogP contribution in [-0.2, 0) is 0 Å². The van der Waals surface area contributed by atoms with E-state index in [-0.39, 0.29) is 0 Å². The zero-order valence-corrected chi connectivity index (χ0v) is 22.7. The Labute approximate surface area is 242 Å². The van der Waals surface area contributed by atoms with Crippen LogP contribution in [0.25, 0.3) is 78.3 Å². The number of benzene rings is 6. The number of halogens is 1. The van der Waals surface area contributed by atoms with Crippen LogP contribution in [0.15, 0.2) is 133 Å². The number of hydrogen-bond acceptors (Lipinski definition) is 3. The van der Waals surface area contributed by atoms with Crippen LogP contribution in [0.3, 0.4) is 0 Å². The Hall–Kier alpha value is -5.12. The molecule has 4 heteroatoms. The standard InChI is InChI=1S/C37H22ClN3/c38-25-19-17-24(18-20-25)36-39-35(23-9-2-1-3-10-23)40-37(41-36)33-14-7-6-13-28(33)29-21-22-32-27-12-5-4-11-26(27)30-15-8-16-31(29)34(30)32/h1-22H. The molecule has 0 saturated heterocycles. The van der Waals surface area contributed by atoms with E-state index in [4.69, 9.17) is 26.6 Å². The van der Waals surface area contributed by atoms with Gasteiger partial charge in [-0.15, -0.1) is 0 Å². The second-order valence-corrected chi connectivity index (χ2v) is 10.6. The van der Waals surface area contributed by atoms with E-state index in [0.717, 1.165) is 27.8 Å². The van der Waals surface area contributed by atoms with Crippen molar-refractivity contribution in [2.75, 3.05) is 0 Å². The SMILES string of the molecule is Clc1ccc(-c2nc(-c3ccccc3)nc(-c3ccccc3-c3ccc4c5c(cccc35)-c3ccccc3-4)n2)cc1. The fraction of sp³-hybridized carbons (Fsp3) is 0. The molecule has 0 fully saturated rings. The molecule has 41 heavy (non-hydrogen) atoms. The highest BCUT2D eigenvalue weighted by molar-refractivity contribution is 6.30. The number of aromatic nitrogens is 3. The lowest BCUT2D eigenvalue weighted by atomic mass is 9.91. The van der Waals surface area contributed by atoms with Crippen molar-refractivity contribution in [2.45, 2.75) is 0 Å². The van der Waals surface area contributed by atoms with Gasteiger partial charge in [-0.25, -0.2) is 15.0 Å². The normalized spacial score (nSPS) is 11.5. The summed E-state index contributed by atoms with van der Waals surface area (Å²) in [5.74, 6) is 1.87. The molecule has 3 nitrogen and oxygen atoms in total. The summed E-state index contributed by atoms with van der Waals surface area (Å²) in [5.41, 5.74) is 10.2. The molecule has 1 aliphatic rings. The van der Waals surface area contributed by atoms with Crippen molar-refractivity contribution in [3.63, 3.8) is 0 Å². The zero-order chi connectivity index (χ0) is 27.3. The van der Waals surface area contributed by atoms with Gasteiger partial charge in [0.05, 0.1) is 0 Å². The maximum Gasteiger partial charge on any atom is 0.164 e. The van der Waals surface area contributed by atoms with Gasteiger partial charge in [-0.3, -0.25) is 0 Å². The Morgan fingerprint density at radius 3 is 1.51 bits per heavy atom. The summed E-state index contributed by atoms with van der Waals surface area (Å²) < 4.78 is 0. The first-order valence-electron chi connectivity index (χ1n) is 13.6. The van der Waals surface area contributed by atoms with Crippen molar-refractivity contribution < 1.29 is 0 Å². The van der Waals surface area contributed by atoms with Crippen LogP contribution < -0.4 is 0 Å². The monoisotopic (exact) mass is 543 g/mol. The highest BCUT2D eigenvalue weighted by Gasteiger charge is 2.23. The first-order valence-corrected chi connectivity index (χ1v) is 14.0. The Morgan fingerprint density at radius 1 is 0.341 bits per heavy atom. The fourth-order valence-corrected chi connectivity index (χ4v) is 6.02. The molecule has 0 atom stereocenters. The Balaban J connectivity index is 1.36. The van der Waals surface area contributed by atoms with Crippen LogP contribution >= 0.6 is 11.6 Å². The molecule has 0 amide bonds. The molecule has 0 saturated carbocycles. The van der Waals surface area contributed by atoms with Gasteiger partial charge in [0.1, 0.15) is 0 Å². The lowest BCUT2D eigenvalue weighted by molar-refractivity contribution is 1.07. The fourth-order valence-electron chi connectivity index (χ4n) is 5.90. The molecular weight excluding hydrogens is 522 g/mol. The van der Waals surface area contributed by atoms with Crippen LogP contribution in [0.4, 0.5) is 0 Å². The summed E-state index contributed by atoms with van der Waals surface area (Å²) in [5, 5.41) is 3.19. The number of hydrogen-bond donors (Lipinski definition) is 0. The van der Waals surface area contributed by atoms with Gasteiger partial charge in [0.25, 0.3) is 0 Å². The van der Waals surface area contributed by atoms with Gasteiger partial charge in [0.15, 0.2) is 17.5 Å². The summed E-state index contributed by atoms with van der Waals surface area (Å²) in [6.45, 7) is 0. The highest BCUT2D eigenvalue weighted by atomic mass is 35.5. The molecule has 0 N–H and O–H groups in total. The summed E-state index contributed by atoms with van der Waals surface area (Å²) >= 11 is 6.19. The molecule has 6 aromatic carbocycles. The average Bonchev–Trinajstić information content (AvgIpc) is 3.37. The van der Waals surface area contributed by atoms with Crippen molar-refractivity contribution >= 4 is 22.4 Å². The third kappa shape index (κ3) is 3.94. The minimum Gasteiger partial charge on any atom is -0.208 e.